The zero-order valence-corrected chi connectivity index (χ0v) is 15.8. The van der Waals surface area contributed by atoms with E-state index in [1.807, 2.05) is 12.1 Å². The first-order valence-electron chi connectivity index (χ1n) is 8.51. The summed E-state index contributed by atoms with van der Waals surface area (Å²) in [6.07, 6.45) is 0.736. The predicted octanol–water partition coefficient (Wildman–Crippen LogP) is 2.87. The maximum Gasteiger partial charge on any atom is 0.255 e. The van der Waals surface area contributed by atoms with Gasteiger partial charge in [-0.05, 0) is 30.2 Å². The second-order valence-corrected chi connectivity index (χ2v) is 6.13. The summed E-state index contributed by atoms with van der Waals surface area (Å²) in [5.74, 6) is 1.12. The lowest BCUT2D eigenvalue weighted by molar-refractivity contribution is -0.116. The third-order valence-electron chi connectivity index (χ3n) is 4.54. The first-order chi connectivity index (χ1) is 13.0. The van der Waals surface area contributed by atoms with E-state index >= 15 is 0 Å². The van der Waals surface area contributed by atoms with Crippen molar-refractivity contribution in [1.29, 1.82) is 0 Å². The second-order valence-electron chi connectivity index (χ2n) is 6.13. The molecule has 1 aliphatic heterocycles. The summed E-state index contributed by atoms with van der Waals surface area (Å²) >= 11 is 0. The summed E-state index contributed by atoms with van der Waals surface area (Å²) in [6.45, 7) is 2.18. The number of amides is 2. The van der Waals surface area contributed by atoms with E-state index in [0.717, 1.165) is 17.7 Å². The maximum atomic E-state index is 12.7. The van der Waals surface area contributed by atoms with Crippen molar-refractivity contribution in [2.45, 2.75) is 13.3 Å². The number of benzene rings is 2. The Hall–Kier alpha value is -3.22. The predicted molar refractivity (Wildman–Crippen MR) is 102 cm³/mol. The molecule has 2 aromatic rings. The number of rotatable bonds is 5. The molecule has 0 saturated heterocycles. The van der Waals surface area contributed by atoms with Crippen LogP contribution < -0.4 is 24.4 Å². The van der Waals surface area contributed by atoms with Crippen LogP contribution in [0.1, 0.15) is 22.8 Å². The quantitative estimate of drug-likeness (QED) is 0.876. The zero-order chi connectivity index (χ0) is 19.6. The van der Waals surface area contributed by atoms with Crippen LogP contribution in [0.25, 0.3) is 0 Å². The first kappa shape index (κ1) is 18.6. The van der Waals surface area contributed by atoms with Crippen molar-refractivity contribution < 1.29 is 23.8 Å². The number of carbonyl (C=O) groups is 2. The maximum absolute atomic E-state index is 12.7. The molecule has 0 fully saturated rings. The highest BCUT2D eigenvalue weighted by Crippen LogP contribution is 2.40. The highest BCUT2D eigenvalue weighted by Gasteiger charge is 2.23. The fraction of sp³-hybridized carbons (Fsp3) is 0.300. The molecule has 0 spiro atoms. The summed E-state index contributed by atoms with van der Waals surface area (Å²) in [7, 11) is 4.56. The van der Waals surface area contributed by atoms with E-state index in [4.69, 9.17) is 14.2 Å². The minimum Gasteiger partial charge on any atom is -0.493 e. The molecule has 7 nitrogen and oxygen atoms in total. The van der Waals surface area contributed by atoms with Crippen LogP contribution in [-0.4, -0.2) is 39.7 Å². The molecule has 0 unspecified atom stereocenters. The van der Waals surface area contributed by atoms with Crippen molar-refractivity contribution in [2.75, 3.05) is 38.1 Å². The molecule has 0 aromatic heterocycles. The number of methoxy groups -OCH3 is 3. The van der Waals surface area contributed by atoms with E-state index in [9.17, 15) is 9.59 Å². The van der Waals surface area contributed by atoms with Crippen LogP contribution in [0.5, 0.6) is 17.2 Å². The van der Waals surface area contributed by atoms with E-state index in [1.165, 1.54) is 21.3 Å². The summed E-state index contributed by atoms with van der Waals surface area (Å²) in [6, 6.07) is 8.70. The van der Waals surface area contributed by atoms with Gasteiger partial charge in [0, 0.05) is 42.5 Å². The molecule has 0 bridgehead atoms. The van der Waals surface area contributed by atoms with Gasteiger partial charge in [0.05, 0.1) is 21.3 Å². The molecule has 1 N–H and O–H groups in total. The largest absolute Gasteiger partial charge is 0.493 e. The molecule has 27 heavy (non-hydrogen) atoms. The Balaban J connectivity index is 1.85. The average molecular weight is 370 g/mol. The van der Waals surface area contributed by atoms with Crippen molar-refractivity contribution in [1.82, 2.24) is 0 Å². The number of hydrogen-bond acceptors (Lipinski definition) is 5. The molecular formula is C20H22N2O5. The minimum atomic E-state index is -0.256. The summed E-state index contributed by atoms with van der Waals surface area (Å²) in [4.78, 5) is 26.1. The van der Waals surface area contributed by atoms with E-state index in [0.29, 0.717) is 35.0 Å². The molecule has 0 saturated carbocycles. The third kappa shape index (κ3) is 3.53. The third-order valence-corrected chi connectivity index (χ3v) is 4.54. The van der Waals surface area contributed by atoms with Crippen LogP contribution in [0.2, 0.25) is 0 Å². The number of ether oxygens (including phenoxy) is 3. The number of anilines is 2. The lowest BCUT2D eigenvalue weighted by atomic mass is 10.1. The summed E-state index contributed by atoms with van der Waals surface area (Å²) < 4.78 is 15.9. The van der Waals surface area contributed by atoms with E-state index in [1.54, 1.807) is 30.0 Å². The molecule has 2 amide bonds. The number of carbonyl (C=O) groups excluding carboxylic acids is 2. The van der Waals surface area contributed by atoms with Crippen LogP contribution in [0, 0.1) is 0 Å². The van der Waals surface area contributed by atoms with Gasteiger partial charge in [-0.1, -0.05) is 0 Å². The normalized spacial score (nSPS) is 12.4. The molecule has 7 heteroatoms. The molecule has 1 heterocycles. The van der Waals surface area contributed by atoms with E-state index in [2.05, 4.69) is 5.32 Å². The van der Waals surface area contributed by atoms with Gasteiger partial charge in [-0.3, -0.25) is 9.59 Å². The van der Waals surface area contributed by atoms with Gasteiger partial charge in [-0.15, -0.1) is 0 Å². The monoisotopic (exact) mass is 370 g/mol. The number of hydrogen-bond donors (Lipinski definition) is 1. The SMILES string of the molecule is COc1cc(NC(=O)c2ccc3c(c2)CCN3C(C)=O)cc(OC)c1OC. The van der Waals surface area contributed by atoms with E-state index < -0.39 is 0 Å². The molecular weight excluding hydrogens is 348 g/mol. The summed E-state index contributed by atoms with van der Waals surface area (Å²) in [5, 5.41) is 2.85. The Morgan fingerprint density at radius 3 is 2.22 bits per heavy atom. The van der Waals surface area contributed by atoms with E-state index in [-0.39, 0.29) is 11.8 Å². The van der Waals surface area contributed by atoms with Gasteiger partial charge in [0.15, 0.2) is 11.5 Å². The van der Waals surface area contributed by atoms with Gasteiger partial charge >= 0.3 is 0 Å². The van der Waals surface area contributed by atoms with Gasteiger partial charge in [-0.25, -0.2) is 0 Å². The Kier molecular flexibility index (Phi) is 5.21. The molecule has 0 radical (unpaired) electrons. The lowest BCUT2D eigenvalue weighted by Gasteiger charge is -2.16. The van der Waals surface area contributed by atoms with Crippen LogP contribution >= 0.6 is 0 Å². The Morgan fingerprint density at radius 2 is 1.67 bits per heavy atom. The highest BCUT2D eigenvalue weighted by molar-refractivity contribution is 6.05. The van der Waals surface area contributed by atoms with Gasteiger partial charge in [0.25, 0.3) is 5.91 Å². The summed E-state index contributed by atoms with van der Waals surface area (Å²) in [5.41, 5.74) is 2.91. The Labute approximate surface area is 157 Å². The van der Waals surface area contributed by atoms with Crippen molar-refractivity contribution in [3.8, 4) is 17.2 Å². The van der Waals surface area contributed by atoms with Crippen molar-refractivity contribution in [3.63, 3.8) is 0 Å². The second kappa shape index (κ2) is 7.57. The zero-order valence-electron chi connectivity index (χ0n) is 15.8. The smallest absolute Gasteiger partial charge is 0.255 e. The molecule has 142 valence electrons. The van der Waals surface area contributed by atoms with Crippen LogP contribution in [-0.2, 0) is 11.2 Å². The standard InChI is InChI=1S/C20H22N2O5/c1-12(23)22-8-7-13-9-14(5-6-16(13)22)20(24)21-15-10-17(25-2)19(27-4)18(11-15)26-3/h5-6,9-11H,7-8H2,1-4H3,(H,21,24). The number of nitrogens with one attached hydrogen (secondary N) is 1. The Bertz CT molecular complexity index is 869. The van der Waals surface area contributed by atoms with Crippen LogP contribution in [0.15, 0.2) is 30.3 Å². The lowest BCUT2D eigenvalue weighted by Crippen LogP contribution is -2.25. The fourth-order valence-electron chi connectivity index (χ4n) is 3.23. The molecule has 0 aliphatic carbocycles. The fourth-order valence-corrected chi connectivity index (χ4v) is 3.23. The van der Waals surface area contributed by atoms with Crippen molar-refractivity contribution in [3.05, 3.63) is 41.5 Å². The van der Waals surface area contributed by atoms with Crippen molar-refractivity contribution in [2.24, 2.45) is 0 Å². The average Bonchev–Trinajstić information content (AvgIpc) is 3.10. The Morgan fingerprint density at radius 1 is 1.00 bits per heavy atom. The van der Waals surface area contributed by atoms with Gasteiger partial charge < -0.3 is 24.4 Å². The van der Waals surface area contributed by atoms with Crippen LogP contribution in [0.4, 0.5) is 11.4 Å². The molecule has 3 rings (SSSR count). The highest BCUT2D eigenvalue weighted by atomic mass is 16.5. The van der Waals surface area contributed by atoms with Gasteiger partial charge in [0.2, 0.25) is 11.7 Å². The van der Waals surface area contributed by atoms with Crippen LogP contribution in [0.3, 0.4) is 0 Å². The van der Waals surface area contributed by atoms with Crippen molar-refractivity contribution >= 4 is 23.2 Å². The first-order valence-corrected chi connectivity index (χ1v) is 8.51. The number of fused-ring (bicyclic) bond motifs is 1. The molecule has 2 aromatic carbocycles. The minimum absolute atomic E-state index is 0.00312. The van der Waals surface area contributed by atoms with Gasteiger partial charge in [0.1, 0.15) is 0 Å². The molecule has 0 atom stereocenters. The topological polar surface area (TPSA) is 77.1 Å². The number of nitrogens with zero attached hydrogens (tertiary/aromatic N) is 1. The molecule has 1 aliphatic rings. The van der Waals surface area contributed by atoms with Gasteiger partial charge in [-0.2, -0.15) is 0 Å².